The molecule has 2 heterocycles. The summed E-state index contributed by atoms with van der Waals surface area (Å²) < 4.78 is 3.30. The molecule has 2 aromatic heterocycles. The van der Waals surface area contributed by atoms with Crippen molar-refractivity contribution in [3.63, 3.8) is 0 Å². The van der Waals surface area contributed by atoms with Crippen LogP contribution in [0.2, 0.25) is 0 Å². The smallest absolute Gasteiger partial charge is 0.269 e. The van der Waals surface area contributed by atoms with Crippen LogP contribution in [-0.2, 0) is 4.79 Å². The molecule has 3 aromatic carbocycles. The van der Waals surface area contributed by atoms with Gasteiger partial charge in [-0.15, -0.1) is 10.2 Å². The van der Waals surface area contributed by atoms with Gasteiger partial charge in [0.2, 0.25) is 11.7 Å². The second kappa shape index (κ2) is 9.43. The Hall–Kier alpha value is -4.44. The Kier molecular flexibility index (Phi) is 6.02. The summed E-state index contributed by atoms with van der Waals surface area (Å²) in [6.45, 7) is 1.92. The van der Waals surface area contributed by atoms with E-state index in [4.69, 9.17) is 0 Å². The van der Waals surface area contributed by atoms with Gasteiger partial charge in [-0.25, -0.2) is 4.57 Å². The van der Waals surface area contributed by atoms with Crippen LogP contribution in [0.1, 0.15) is 15.9 Å². The van der Waals surface area contributed by atoms with Gasteiger partial charge in [0, 0.05) is 5.56 Å². The molecular weight excluding hydrogens is 464 g/mol. The molecule has 0 aliphatic heterocycles. The van der Waals surface area contributed by atoms with Crippen molar-refractivity contribution in [1.29, 1.82) is 0 Å². The highest BCUT2D eigenvalue weighted by Gasteiger charge is 2.19. The molecule has 2 amide bonds. The van der Waals surface area contributed by atoms with E-state index in [-0.39, 0.29) is 11.3 Å². The lowest BCUT2D eigenvalue weighted by molar-refractivity contribution is -0.119. The van der Waals surface area contributed by atoms with Crippen molar-refractivity contribution < 1.29 is 9.59 Å². The predicted octanol–water partition coefficient (Wildman–Crippen LogP) is 2.90. The topological polar surface area (TPSA) is 110 Å². The van der Waals surface area contributed by atoms with Gasteiger partial charge >= 0.3 is 0 Å². The average Bonchev–Trinajstić information content (AvgIpc) is 3.31. The van der Waals surface area contributed by atoms with Crippen LogP contribution in [0.5, 0.6) is 0 Å². The van der Waals surface area contributed by atoms with E-state index in [1.807, 2.05) is 43.3 Å². The summed E-state index contributed by atoms with van der Waals surface area (Å²) in [5.41, 5.74) is 7.31. The lowest BCUT2D eigenvalue weighted by atomic mass is 10.2. The fourth-order valence-corrected chi connectivity index (χ4v) is 4.50. The minimum absolute atomic E-state index is 0.0202. The molecule has 35 heavy (non-hydrogen) atoms. The number of hydrogen-bond acceptors (Lipinski definition) is 6. The number of fused-ring (bicyclic) bond motifs is 3. The maximum atomic E-state index is 13.4. The third-order valence-electron chi connectivity index (χ3n) is 5.43. The molecule has 0 spiro atoms. The zero-order valence-electron chi connectivity index (χ0n) is 18.6. The van der Waals surface area contributed by atoms with Crippen molar-refractivity contribution in [2.75, 3.05) is 5.75 Å². The summed E-state index contributed by atoms with van der Waals surface area (Å²) in [7, 11) is 0. The molecular formula is C25H20N6O3S. The Labute approximate surface area is 203 Å². The van der Waals surface area contributed by atoms with Crippen molar-refractivity contribution in [2.24, 2.45) is 0 Å². The summed E-state index contributed by atoms with van der Waals surface area (Å²) in [6.07, 6.45) is 0. The van der Waals surface area contributed by atoms with Crippen molar-refractivity contribution >= 4 is 40.3 Å². The van der Waals surface area contributed by atoms with Crippen LogP contribution >= 0.6 is 11.8 Å². The molecule has 0 saturated carbocycles. The van der Waals surface area contributed by atoms with Gasteiger partial charge < -0.3 is 0 Å². The number of amides is 2. The molecule has 174 valence electrons. The third kappa shape index (κ3) is 4.26. The van der Waals surface area contributed by atoms with Gasteiger partial charge in [-0.2, -0.15) is 0 Å². The highest BCUT2D eigenvalue weighted by atomic mass is 32.2. The fraction of sp³-hybridized carbons (Fsp3) is 0.0800. The van der Waals surface area contributed by atoms with E-state index >= 15 is 0 Å². The van der Waals surface area contributed by atoms with Crippen molar-refractivity contribution in [3.05, 3.63) is 100 Å². The van der Waals surface area contributed by atoms with E-state index in [0.717, 1.165) is 17.3 Å². The first-order valence-corrected chi connectivity index (χ1v) is 11.7. The number of rotatable bonds is 5. The third-order valence-corrected chi connectivity index (χ3v) is 6.36. The molecule has 0 bridgehead atoms. The van der Waals surface area contributed by atoms with E-state index in [9.17, 15) is 14.4 Å². The average molecular weight is 485 g/mol. The van der Waals surface area contributed by atoms with E-state index in [1.165, 1.54) is 4.57 Å². The van der Waals surface area contributed by atoms with Crippen LogP contribution in [0.25, 0.3) is 22.4 Å². The standard InChI is InChI=1S/C25H20N6O3S/c1-16-9-5-7-13-19(16)30-23(34)18-12-6-8-14-20(18)31-24(30)28-29-25(31)35-15-21(32)26-27-22(33)17-10-3-2-4-11-17/h2-14H,15H2,1H3,(H,26,32)(H,27,33). The lowest BCUT2D eigenvalue weighted by Crippen LogP contribution is -2.42. The SMILES string of the molecule is Cc1ccccc1-n1c(=O)c2ccccc2n2c(SCC(=O)NNC(=O)c3ccccc3)nnc12. The normalized spacial score (nSPS) is 11.0. The van der Waals surface area contributed by atoms with Gasteiger partial charge in [0.05, 0.1) is 22.3 Å². The number of hydrazine groups is 1. The Morgan fingerprint density at radius 3 is 2.40 bits per heavy atom. The van der Waals surface area contributed by atoms with Crippen molar-refractivity contribution in [3.8, 4) is 5.69 Å². The first-order chi connectivity index (χ1) is 17.0. The van der Waals surface area contributed by atoms with Crippen LogP contribution in [0.15, 0.2) is 88.8 Å². The molecule has 9 nitrogen and oxygen atoms in total. The van der Waals surface area contributed by atoms with Gasteiger partial charge in [0.15, 0.2) is 5.16 Å². The van der Waals surface area contributed by atoms with Gasteiger partial charge in [0.1, 0.15) is 0 Å². The fourth-order valence-electron chi connectivity index (χ4n) is 3.76. The number of hydrogen-bond donors (Lipinski definition) is 2. The lowest BCUT2D eigenvalue weighted by Gasteiger charge is -2.13. The Morgan fingerprint density at radius 2 is 1.60 bits per heavy atom. The van der Waals surface area contributed by atoms with Gasteiger partial charge in [-0.05, 0) is 42.8 Å². The molecule has 2 N–H and O–H groups in total. The number of thioether (sulfide) groups is 1. The Bertz CT molecular complexity index is 1630. The van der Waals surface area contributed by atoms with Crippen molar-refractivity contribution in [2.45, 2.75) is 12.1 Å². The van der Waals surface area contributed by atoms with E-state index < -0.39 is 11.8 Å². The maximum Gasteiger partial charge on any atom is 0.269 e. The largest absolute Gasteiger partial charge is 0.272 e. The van der Waals surface area contributed by atoms with Gasteiger partial charge in [-0.3, -0.25) is 29.6 Å². The summed E-state index contributed by atoms with van der Waals surface area (Å²) in [4.78, 5) is 38.0. The number of aryl methyl sites for hydroxylation is 1. The quantitative estimate of drug-likeness (QED) is 0.293. The highest BCUT2D eigenvalue weighted by Crippen LogP contribution is 2.24. The first-order valence-electron chi connectivity index (χ1n) is 10.8. The molecule has 0 aliphatic rings. The van der Waals surface area contributed by atoms with Crippen LogP contribution in [0, 0.1) is 6.92 Å². The zero-order valence-corrected chi connectivity index (χ0v) is 19.5. The minimum Gasteiger partial charge on any atom is -0.272 e. The van der Waals surface area contributed by atoms with Crippen LogP contribution in [-0.4, -0.2) is 36.7 Å². The number of para-hydroxylation sites is 2. The monoisotopic (exact) mass is 484 g/mol. The molecule has 10 heteroatoms. The molecule has 0 atom stereocenters. The second-order valence-electron chi connectivity index (χ2n) is 7.72. The first kappa shape index (κ1) is 22.4. The minimum atomic E-state index is -0.412. The van der Waals surface area contributed by atoms with E-state index in [2.05, 4.69) is 21.0 Å². The number of benzene rings is 3. The van der Waals surface area contributed by atoms with E-state index in [1.54, 1.807) is 46.9 Å². The number of carbonyl (C=O) groups excluding carboxylic acids is 2. The molecule has 0 radical (unpaired) electrons. The summed E-state index contributed by atoms with van der Waals surface area (Å²) in [6, 6.07) is 23.3. The number of aromatic nitrogens is 4. The second-order valence-corrected chi connectivity index (χ2v) is 8.66. The molecule has 0 aliphatic carbocycles. The Morgan fingerprint density at radius 1 is 0.886 bits per heavy atom. The van der Waals surface area contributed by atoms with Gasteiger partial charge in [-0.1, -0.05) is 60.3 Å². The van der Waals surface area contributed by atoms with Gasteiger partial charge in [0.25, 0.3) is 11.5 Å². The number of nitrogens with one attached hydrogen (secondary N) is 2. The molecule has 5 aromatic rings. The van der Waals surface area contributed by atoms with Crippen LogP contribution < -0.4 is 16.4 Å². The number of carbonyl (C=O) groups is 2. The maximum absolute atomic E-state index is 13.4. The van der Waals surface area contributed by atoms with Crippen LogP contribution in [0.3, 0.4) is 0 Å². The van der Waals surface area contributed by atoms with E-state index in [0.29, 0.717) is 33.1 Å². The summed E-state index contributed by atoms with van der Waals surface area (Å²) in [5, 5.41) is 9.51. The van der Waals surface area contributed by atoms with Crippen molar-refractivity contribution in [1.82, 2.24) is 30.0 Å². The molecule has 0 saturated heterocycles. The number of nitrogens with zero attached hydrogens (tertiary/aromatic N) is 4. The molecule has 5 rings (SSSR count). The predicted molar refractivity (Wildman–Crippen MR) is 134 cm³/mol. The zero-order chi connectivity index (χ0) is 24.4. The highest BCUT2D eigenvalue weighted by molar-refractivity contribution is 7.99. The summed E-state index contributed by atoms with van der Waals surface area (Å²) in [5.74, 6) is -0.491. The Balaban J connectivity index is 1.45. The van der Waals surface area contributed by atoms with Crippen LogP contribution in [0.4, 0.5) is 0 Å². The molecule has 0 unspecified atom stereocenters. The molecule has 0 fully saturated rings. The summed E-state index contributed by atoms with van der Waals surface area (Å²) >= 11 is 1.15.